The van der Waals surface area contributed by atoms with Gasteiger partial charge in [-0.15, -0.1) is 0 Å². The van der Waals surface area contributed by atoms with Crippen molar-refractivity contribution in [2.24, 2.45) is 0 Å². The smallest absolute Gasteiger partial charge is 0.219 e. The molecule has 120 valence electrons. The molecule has 2 heterocycles. The van der Waals surface area contributed by atoms with Gasteiger partial charge in [-0.1, -0.05) is 0 Å². The molecule has 2 aliphatic carbocycles. The van der Waals surface area contributed by atoms with Crippen LogP contribution in [0.5, 0.6) is 0 Å². The Labute approximate surface area is 131 Å². The Kier molecular flexibility index (Phi) is 3.64. The van der Waals surface area contributed by atoms with E-state index in [9.17, 15) is 4.79 Å². The van der Waals surface area contributed by atoms with Crippen molar-refractivity contribution >= 4 is 5.91 Å². The molecule has 1 aromatic rings. The van der Waals surface area contributed by atoms with Crippen LogP contribution in [0.1, 0.15) is 63.0 Å². The predicted octanol–water partition coefficient (Wildman–Crippen LogP) is 1.66. The molecule has 6 heteroatoms. The van der Waals surface area contributed by atoms with Crippen LogP contribution in [0.2, 0.25) is 0 Å². The number of aromatic amines is 1. The highest BCUT2D eigenvalue weighted by Crippen LogP contribution is 2.38. The molecule has 1 N–H and O–H groups in total. The maximum absolute atomic E-state index is 11.8. The first-order valence-electron chi connectivity index (χ1n) is 8.63. The van der Waals surface area contributed by atoms with Crippen molar-refractivity contribution < 1.29 is 4.79 Å². The average Bonchev–Trinajstić information content (AvgIpc) is 3.42. The first-order valence-corrected chi connectivity index (χ1v) is 8.63. The van der Waals surface area contributed by atoms with Gasteiger partial charge in [0, 0.05) is 31.5 Å². The van der Waals surface area contributed by atoms with E-state index in [1.54, 1.807) is 6.92 Å². The monoisotopic (exact) mass is 303 g/mol. The lowest BCUT2D eigenvalue weighted by Crippen LogP contribution is -2.43. The van der Waals surface area contributed by atoms with Crippen LogP contribution in [0.15, 0.2) is 0 Å². The molecule has 1 amide bonds. The molecule has 1 unspecified atom stereocenters. The van der Waals surface area contributed by atoms with Crippen LogP contribution in [-0.2, 0) is 11.3 Å². The Morgan fingerprint density at radius 1 is 1.32 bits per heavy atom. The van der Waals surface area contributed by atoms with Crippen LogP contribution >= 0.6 is 0 Å². The Morgan fingerprint density at radius 2 is 2.14 bits per heavy atom. The molecular weight excluding hydrogens is 278 g/mol. The van der Waals surface area contributed by atoms with Gasteiger partial charge in [0.05, 0.1) is 6.54 Å². The summed E-state index contributed by atoms with van der Waals surface area (Å²) in [6.07, 6.45) is 7.22. The van der Waals surface area contributed by atoms with E-state index in [0.29, 0.717) is 18.0 Å². The number of nitrogens with zero attached hydrogens (tertiary/aromatic N) is 4. The zero-order chi connectivity index (χ0) is 15.1. The lowest BCUT2D eigenvalue weighted by atomic mass is 10.2. The molecule has 1 atom stereocenters. The maximum atomic E-state index is 11.8. The minimum atomic E-state index is 0.227. The van der Waals surface area contributed by atoms with Gasteiger partial charge in [-0.25, -0.2) is 4.98 Å². The SMILES string of the molecule is CC(=O)N(CC1CCCN1Cc1nc(C2CC2)n[nH]1)C1CC1. The lowest BCUT2D eigenvalue weighted by molar-refractivity contribution is -0.130. The number of H-pyrrole nitrogens is 1. The van der Waals surface area contributed by atoms with E-state index in [-0.39, 0.29) is 5.91 Å². The molecule has 0 radical (unpaired) electrons. The molecule has 4 rings (SSSR count). The topological polar surface area (TPSA) is 65.1 Å². The summed E-state index contributed by atoms with van der Waals surface area (Å²) in [6.45, 7) is 4.51. The molecule has 3 aliphatic rings. The molecule has 1 aromatic heterocycles. The second-order valence-electron chi connectivity index (χ2n) is 7.08. The van der Waals surface area contributed by atoms with Gasteiger partial charge >= 0.3 is 0 Å². The summed E-state index contributed by atoms with van der Waals surface area (Å²) in [4.78, 5) is 21.0. The van der Waals surface area contributed by atoms with Crippen LogP contribution in [0.3, 0.4) is 0 Å². The minimum Gasteiger partial charge on any atom is -0.338 e. The van der Waals surface area contributed by atoms with Crippen molar-refractivity contribution in [2.45, 2.75) is 70.0 Å². The molecule has 6 nitrogen and oxygen atoms in total. The summed E-state index contributed by atoms with van der Waals surface area (Å²) in [7, 11) is 0. The minimum absolute atomic E-state index is 0.227. The second kappa shape index (κ2) is 5.65. The molecule has 22 heavy (non-hydrogen) atoms. The number of aromatic nitrogens is 3. The van der Waals surface area contributed by atoms with Gasteiger partial charge in [0.2, 0.25) is 5.91 Å². The van der Waals surface area contributed by atoms with Gasteiger partial charge in [-0.2, -0.15) is 5.10 Å². The van der Waals surface area contributed by atoms with Gasteiger partial charge in [0.1, 0.15) is 5.82 Å². The highest BCUT2D eigenvalue weighted by atomic mass is 16.2. The number of rotatable bonds is 6. The highest BCUT2D eigenvalue weighted by Gasteiger charge is 2.35. The van der Waals surface area contributed by atoms with E-state index in [1.165, 1.54) is 38.5 Å². The summed E-state index contributed by atoms with van der Waals surface area (Å²) < 4.78 is 0. The van der Waals surface area contributed by atoms with Crippen molar-refractivity contribution in [3.8, 4) is 0 Å². The van der Waals surface area contributed by atoms with Crippen molar-refractivity contribution in [3.63, 3.8) is 0 Å². The maximum Gasteiger partial charge on any atom is 0.219 e. The normalized spacial score (nSPS) is 25.6. The Balaban J connectivity index is 1.38. The lowest BCUT2D eigenvalue weighted by Gasteiger charge is -2.30. The van der Waals surface area contributed by atoms with Gasteiger partial charge in [-0.05, 0) is 45.1 Å². The van der Waals surface area contributed by atoms with Crippen LogP contribution in [0.25, 0.3) is 0 Å². The van der Waals surface area contributed by atoms with E-state index in [4.69, 9.17) is 0 Å². The van der Waals surface area contributed by atoms with Crippen LogP contribution in [-0.4, -0.2) is 56.1 Å². The fraction of sp³-hybridized carbons (Fsp3) is 0.812. The molecule has 0 bridgehead atoms. The molecular formula is C16H25N5O. The average molecular weight is 303 g/mol. The first-order chi connectivity index (χ1) is 10.7. The van der Waals surface area contributed by atoms with Crippen molar-refractivity contribution in [2.75, 3.05) is 13.1 Å². The van der Waals surface area contributed by atoms with E-state index < -0.39 is 0 Å². The fourth-order valence-corrected chi connectivity index (χ4v) is 3.56. The van der Waals surface area contributed by atoms with Crippen LogP contribution in [0, 0.1) is 0 Å². The van der Waals surface area contributed by atoms with Gasteiger partial charge in [0.25, 0.3) is 0 Å². The van der Waals surface area contributed by atoms with Crippen molar-refractivity contribution in [3.05, 3.63) is 11.6 Å². The molecule has 0 spiro atoms. The van der Waals surface area contributed by atoms with Gasteiger partial charge < -0.3 is 4.90 Å². The summed E-state index contributed by atoms with van der Waals surface area (Å²) >= 11 is 0. The number of likely N-dealkylation sites (tertiary alicyclic amines) is 1. The standard InChI is InChI=1S/C16H25N5O/c1-11(22)21(13-6-7-13)9-14-3-2-8-20(14)10-15-17-16(19-18-15)12-4-5-12/h12-14H,2-10H2,1H3,(H,17,18,19). The first kappa shape index (κ1) is 14.2. The Hall–Kier alpha value is -1.43. The third-order valence-corrected chi connectivity index (χ3v) is 5.14. The van der Waals surface area contributed by atoms with Crippen LogP contribution < -0.4 is 0 Å². The number of amides is 1. The summed E-state index contributed by atoms with van der Waals surface area (Å²) in [5.41, 5.74) is 0. The van der Waals surface area contributed by atoms with E-state index >= 15 is 0 Å². The third kappa shape index (κ3) is 3.02. The molecule has 0 aromatic carbocycles. The molecule has 1 aliphatic heterocycles. The zero-order valence-corrected chi connectivity index (χ0v) is 13.3. The number of carbonyl (C=O) groups excluding carboxylic acids is 1. The number of nitrogens with one attached hydrogen (secondary N) is 1. The summed E-state index contributed by atoms with van der Waals surface area (Å²) in [6, 6.07) is 0.977. The largest absolute Gasteiger partial charge is 0.338 e. The van der Waals surface area contributed by atoms with E-state index in [2.05, 4.69) is 25.0 Å². The molecule has 3 fully saturated rings. The second-order valence-corrected chi connectivity index (χ2v) is 7.08. The fourth-order valence-electron chi connectivity index (χ4n) is 3.56. The van der Waals surface area contributed by atoms with Crippen molar-refractivity contribution in [1.82, 2.24) is 25.0 Å². The zero-order valence-electron chi connectivity index (χ0n) is 13.3. The predicted molar refractivity (Wildman–Crippen MR) is 82.2 cm³/mol. The summed E-state index contributed by atoms with van der Waals surface area (Å²) in [5, 5.41) is 7.45. The summed E-state index contributed by atoms with van der Waals surface area (Å²) in [5.74, 6) is 2.80. The number of carbonyl (C=O) groups is 1. The van der Waals surface area contributed by atoms with Gasteiger partial charge in [0.15, 0.2) is 5.82 Å². The number of hydrogen-bond acceptors (Lipinski definition) is 4. The quantitative estimate of drug-likeness (QED) is 0.868. The van der Waals surface area contributed by atoms with E-state index in [0.717, 1.165) is 31.3 Å². The third-order valence-electron chi connectivity index (χ3n) is 5.14. The van der Waals surface area contributed by atoms with Crippen molar-refractivity contribution in [1.29, 1.82) is 0 Å². The van der Waals surface area contributed by atoms with Gasteiger partial charge in [-0.3, -0.25) is 14.8 Å². The van der Waals surface area contributed by atoms with Crippen LogP contribution in [0.4, 0.5) is 0 Å². The molecule has 2 saturated carbocycles. The Bertz CT molecular complexity index is 548. The number of hydrogen-bond donors (Lipinski definition) is 1. The highest BCUT2D eigenvalue weighted by molar-refractivity contribution is 5.74. The molecule has 1 saturated heterocycles. The van der Waals surface area contributed by atoms with E-state index in [1.807, 2.05) is 0 Å². The Morgan fingerprint density at radius 3 is 2.82 bits per heavy atom.